The number of ether oxygens (including phenoxy) is 1. The van der Waals surface area contributed by atoms with Crippen LogP contribution >= 0.6 is 0 Å². The van der Waals surface area contributed by atoms with E-state index in [1.807, 2.05) is 4.90 Å². The maximum atomic E-state index is 12.5. The molecule has 2 amide bonds. The fourth-order valence-corrected chi connectivity index (χ4v) is 13.8. The molecule has 3 heterocycles. The molecule has 0 aromatic carbocycles. The molecular formula is C43H64N2O11. The van der Waals surface area contributed by atoms with E-state index in [-0.39, 0.29) is 11.8 Å². The van der Waals surface area contributed by atoms with Gasteiger partial charge in [0.05, 0.1) is 13.2 Å². The van der Waals surface area contributed by atoms with E-state index in [4.69, 9.17) is 43.8 Å². The van der Waals surface area contributed by atoms with Crippen LogP contribution < -0.4 is 5.32 Å². The van der Waals surface area contributed by atoms with Crippen molar-refractivity contribution in [1.29, 1.82) is 0 Å². The number of morpholine rings is 1. The number of rotatable bonds is 5. The van der Waals surface area contributed by atoms with E-state index >= 15 is 0 Å². The van der Waals surface area contributed by atoms with Gasteiger partial charge < -0.3 is 15.0 Å². The van der Waals surface area contributed by atoms with E-state index in [1.165, 1.54) is 64.2 Å². The minimum Gasteiger partial charge on any atom is -0.378 e. The third-order valence-corrected chi connectivity index (χ3v) is 16.8. The van der Waals surface area contributed by atoms with Gasteiger partial charge in [-0.1, -0.05) is 0 Å². The molecule has 3 aliphatic heterocycles. The van der Waals surface area contributed by atoms with Gasteiger partial charge in [0.2, 0.25) is 35.0 Å². The Morgan fingerprint density at radius 1 is 0.500 bits per heavy atom. The number of amides is 2. The highest BCUT2D eigenvalue weighted by Gasteiger charge is 2.66. The third-order valence-electron chi connectivity index (χ3n) is 16.8. The van der Waals surface area contributed by atoms with Crippen LogP contribution in [0.4, 0.5) is 0 Å². The summed E-state index contributed by atoms with van der Waals surface area (Å²) < 4.78 is 5.34. The van der Waals surface area contributed by atoms with Crippen LogP contribution in [0.3, 0.4) is 0 Å². The number of hydrogen-bond acceptors (Lipinski definition) is 11. The van der Waals surface area contributed by atoms with E-state index < -0.39 is 23.1 Å². The smallest absolute Gasteiger partial charge is 0.239 e. The van der Waals surface area contributed by atoms with Gasteiger partial charge in [-0.25, -0.2) is 0 Å². The number of nitrogens with zero attached hydrogens (tertiary/aromatic N) is 1. The summed E-state index contributed by atoms with van der Waals surface area (Å²) in [5.74, 6) is 3.30. The van der Waals surface area contributed by atoms with E-state index in [2.05, 4.69) is 5.32 Å². The number of nitrogens with one attached hydrogen (secondary N) is 1. The zero-order valence-corrected chi connectivity index (χ0v) is 33.2. The molecule has 8 bridgehead atoms. The Morgan fingerprint density at radius 3 is 1.29 bits per heavy atom. The summed E-state index contributed by atoms with van der Waals surface area (Å²) in [7, 11) is 0. The van der Waals surface area contributed by atoms with E-state index in [0.717, 1.165) is 88.1 Å². The maximum Gasteiger partial charge on any atom is 0.239 e. The molecule has 1 N–H and O–H groups in total. The van der Waals surface area contributed by atoms with E-state index in [1.54, 1.807) is 0 Å². The predicted octanol–water partition coefficient (Wildman–Crippen LogP) is 6.79. The van der Waals surface area contributed by atoms with Gasteiger partial charge in [0.15, 0.2) is 0 Å². The summed E-state index contributed by atoms with van der Waals surface area (Å²) in [5, 5.41) is 3.09. The Balaban J connectivity index is 0.000000130. The van der Waals surface area contributed by atoms with Gasteiger partial charge in [0.25, 0.3) is 0 Å². The average Bonchev–Trinajstić information content (AvgIpc) is 4.03. The Hall–Kier alpha value is -1.42. The third kappa shape index (κ3) is 6.98. The molecule has 0 atom stereocenters. The van der Waals surface area contributed by atoms with Crippen molar-refractivity contribution in [3.63, 3.8) is 0 Å². The van der Waals surface area contributed by atoms with Crippen molar-refractivity contribution in [1.82, 2.24) is 10.2 Å². The van der Waals surface area contributed by atoms with Crippen molar-refractivity contribution < 1.29 is 53.4 Å². The normalized spacial score (nSPS) is 50.0. The molecule has 0 aromatic rings. The number of carbonyl (C=O) groups excluding carboxylic acids is 2. The molecule has 14 fully saturated rings. The van der Waals surface area contributed by atoms with Gasteiger partial charge in [-0.05, 0) is 138 Å². The highest BCUT2D eigenvalue weighted by Crippen LogP contribution is 2.63. The van der Waals surface area contributed by atoms with Crippen LogP contribution in [-0.2, 0) is 53.4 Å². The first-order valence-electron chi connectivity index (χ1n) is 22.9. The fourth-order valence-electron chi connectivity index (χ4n) is 13.8. The second-order valence-corrected chi connectivity index (χ2v) is 20.7. The molecule has 0 aromatic heterocycles. The minimum absolute atomic E-state index is 0.198. The average molecular weight is 785 g/mol. The SMILES string of the molecule is O=C(CC1CCC2(CC1)OOC1(OO2)C2CC3CC(C2)CC1C3)N1CCOCC1.O=C(CC1CCC2(CC1)OOC1(OO2)C2CC3CC(C2)CC1C3)NC1CC1. The molecule has 14 aliphatic rings. The standard InChI is InChI=1S/C22H33NO6.C21H31NO5/c24-20(23-5-7-25-8-6-23)14-15-1-3-21(4-2-15)26-28-22(29-27-21)18-10-16-9-17(12-18)13-19(22)11-16;23-19(22-18-1-2-18)12-13-3-5-20(6-4-13)24-26-21(27-25-20)16-8-14-7-15(10-16)11-17(21)9-14/h15-19H,1-14H2;13-18H,1-12H2,(H,22,23). The van der Waals surface area contributed by atoms with Crippen LogP contribution in [0.25, 0.3) is 0 Å². The highest BCUT2D eigenvalue weighted by atomic mass is 17.4. The summed E-state index contributed by atoms with van der Waals surface area (Å²) in [5.41, 5.74) is 0. The van der Waals surface area contributed by atoms with E-state index in [9.17, 15) is 9.59 Å². The van der Waals surface area contributed by atoms with Crippen molar-refractivity contribution in [3.05, 3.63) is 0 Å². The predicted molar refractivity (Wildman–Crippen MR) is 195 cm³/mol. The second kappa shape index (κ2) is 14.6. The van der Waals surface area contributed by atoms with Gasteiger partial charge in [0.1, 0.15) is 0 Å². The van der Waals surface area contributed by atoms with Crippen LogP contribution in [0, 0.1) is 59.2 Å². The first-order chi connectivity index (χ1) is 27.3. The molecule has 3 saturated heterocycles. The summed E-state index contributed by atoms with van der Waals surface area (Å²) in [6.45, 7) is 2.74. The highest BCUT2D eigenvalue weighted by molar-refractivity contribution is 5.77. The molecule has 11 saturated carbocycles. The van der Waals surface area contributed by atoms with Crippen molar-refractivity contribution in [3.8, 4) is 0 Å². The first-order valence-corrected chi connectivity index (χ1v) is 22.9. The minimum atomic E-state index is -0.793. The van der Waals surface area contributed by atoms with Crippen molar-refractivity contribution in [2.45, 2.75) is 170 Å². The Morgan fingerprint density at radius 2 is 0.893 bits per heavy atom. The molecule has 13 heteroatoms. The van der Waals surface area contributed by atoms with Gasteiger partial charge in [-0.3, -0.25) is 9.59 Å². The van der Waals surface area contributed by atoms with Crippen molar-refractivity contribution >= 4 is 11.8 Å². The van der Waals surface area contributed by atoms with Crippen LogP contribution in [0.15, 0.2) is 0 Å². The number of hydrogen-bond donors (Lipinski definition) is 1. The maximum absolute atomic E-state index is 12.5. The van der Waals surface area contributed by atoms with Gasteiger partial charge in [0, 0.05) is 81.3 Å². The lowest BCUT2D eigenvalue weighted by atomic mass is 9.53. The largest absolute Gasteiger partial charge is 0.378 e. The molecule has 13 nitrogen and oxygen atoms in total. The summed E-state index contributed by atoms with van der Waals surface area (Å²) in [6.07, 6.45) is 22.2. The monoisotopic (exact) mass is 784 g/mol. The quantitative estimate of drug-likeness (QED) is 0.296. The molecular weight excluding hydrogens is 720 g/mol. The molecule has 4 spiro atoms. The Kier molecular flexibility index (Phi) is 9.82. The van der Waals surface area contributed by atoms with Gasteiger partial charge in [-0.15, -0.1) is 0 Å². The Bertz CT molecular complexity index is 1380. The summed E-state index contributed by atoms with van der Waals surface area (Å²) >= 11 is 0. The van der Waals surface area contributed by atoms with Gasteiger partial charge in [-0.2, -0.15) is 39.1 Å². The molecule has 11 aliphatic carbocycles. The zero-order valence-electron chi connectivity index (χ0n) is 33.2. The van der Waals surface area contributed by atoms with E-state index in [0.29, 0.717) is 80.4 Å². The lowest BCUT2D eigenvalue weighted by Gasteiger charge is -2.60. The van der Waals surface area contributed by atoms with Crippen molar-refractivity contribution in [2.75, 3.05) is 26.3 Å². The molecule has 0 unspecified atom stereocenters. The summed E-state index contributed by atoms with van der Waals surface area (Å²) in [4.78, 5) is 74.8. The zero-order chi connectivity index (χ0) is 37.5. The molecule has 312 valence electrons. The van der Waals surface area contributed by atoms with Gasteiger partial charge >= 0.3 is 0 Å². The topological polar surface area (TPSA) is 132 Å². The second-order valence-electron chi connectivity index (χ2n) is 20.7. The van der Waals surface area contributed by atoms with Crippen LogP contribution in [0.5, 0.6) is 0 Å². The number of carbonyl (C=O) groups is 2. The first kappa shape index (κ1) is 37.6. The molecule has 56 heavy (non-hydrogen) atoms. The van der Waals surface area contributed by atoms with Crippen molar-refractivity contribution in [2.24, 2.45) is 59.2 Å². The molecule has 14 rings (SSSR count). The van der Waals surface area contributed by atoms with Crippen LogP contribution in [-0.4, -0.2) is 72.2 Å². The lowest BCUT2D eigenvalue weighted by Crippen LogP contribution is -2.64. The Labute approximate surface area is 330 Å². The summed E-state index contributed by atoms with van der Waals surface area (Å²) in [6, 6.07) is 0.441. The molecule has 0 radical (unpaired) electrons. The van der Waals surface area contributed by atoms with Crippen LogP contribution in [0.2, 0.25) is 0 Å². The fraction of sp³-hybridized carbons (Fsp3) is 0.953. The van der Waals surface area contributed by atoms with Crippen LogP contribution in [0.1, 0.15) is 141 Å². The lowest BCUT2D eigenvalue weighted by molar-refractivity contribution is -0.680.